The highest BCUT2D eigenvalue weighted by Crippen LogP contribution is 2.31. The van der Waals surface area contributed by atoms with Gasteiger partial charge in [0.1, 0.15) is 0 Å². The molecule has 0 heterocycles. The summed E-state index contributed by atoms with van der Waals surface area (Å²) in [6.45, 7) is 11.5. The fraction of sp³-hybridized carbons (Fsp3) is 0.122. The molecule has 0 bridgehead atoms. The van der Waals surface area contributed by atoms with Crippen molar-refractivity contribution in [1.29, 1.82) is 0 Å². The van der Waals surface area contributed by atoms with E-state index in [-0.39, 0.29) is 6.04 Å². The molecule has 0 aliphatic heterocycles. The van der Waals surface area contributed by atoms with Crippen molar-refractivity contribution < 1.29 is 4.48 Å². The number of nitrogens with zero attached hydrogens (tertiary/aromatic N) is 3. The molecule has 6 heteroatoms. The quantitative estimate of drug-likeness (QED) is 0.0640. The molecule has 1 atom stereocenters. The van der Waals surface area contributed by atoms with Gasteiger partial charge >= 0.3 is 0 Å². The van der Waals surface area contributed by atoms with Gasteiger partial charge in [-0.05, 0) is 70.8 Å². The molecule has 55 heavy (non-hydrogen) atoms. The number of allylic oxidation sites excluding steroid dienone is 18. The largest absolute Gasteiger partial charge is 0.398 e. The Hall–Kier alpha value is -6.50. The van der Waals surface area contributed by atoms with Crippen molar-refractivity contribution >= 4 is 23.2 Å². The molecule has 0 amide bonds. The zero-order valence-electron chi connectivity index (χ0n) is 32.0. The van der Waals surface area contributed by atoms with Crippen LogP contribution in [-0.2, 0) is 6.42 Å². The van der Waals surface area contributed by atoms with Crippen LogP contribution in [0.3, 0.4) is 0 Å². The Morgan fingerprint density at radius 2 is 1.45 bits per heavy atom. The van der Waals surface area contributed by atoms with E-state index in [1.165, 1.54) is 16.2 Å². The summed E-state index contributed by atoms with van der Waals surface area (Å²) >= 11 is 0. The van der Waals surface area contributed by atoms with Crippen LogP contribution < -0.4 is 16.5 Å². The average molecular weight is 732 g/mol. The summed E-state index contributed by atoms with van der Waals surface area (Å²) in [4.78, 5) is 0. The Labute approximate surface area is 328 Å². The number of anilines is 2. The Morgan fingerprint density at radius 3 is 2.16 bits per heavy atom. The maximum Gasteiger partial charge on any atom is 0.0675 e. The zero-order valence-corrected chi connectivity index (χ0v) is 32.0. The van der Waals surface area contributed by atoms with Gasteiger partial charge in [-0.3, -0.25) is 0 Å². The summed E-state index contributed by atoms with van der Waals surface area (Å²) in [6, 6.07) is 26.8. The van der Waals surface area contributed by atoms with Crippen LogP contribution in [0, 0.1) is 0 Å². The number of nitrogens with two attached hydrogens (primary N) is 2. The SMILES string of the molecule is C=C/C=C\C=C/C(N)C1=C/C=C\C=C/C(N(c2ccccc2)N(F)/N=C/Cc2ccccc2)=C\C=C\C=C\1.C=CC1=C(c2ccccc2N)C=CCC1.CC. The van der Waals surface area contributed by atoms with Gasteiger partial charge in [-0.2, -0.15) is 0 Å². The molecule has 0 radical (unpaired) electrons. The molecule has 2 aliphatic carbocycles. The smallest absolute Gasteiger partial charge is 0.0675 e. The van der Waals surface area contributed by atoms with E-state index < -0.39 is 0 Å². The van der Waals surface area contributed by atoms with Gasteiger partial charge in [0.15, 0.2) is 0 Å². The lowest BCUT2D eigenvalue weighted by atomic mass is 9.91. The summed E-state index contributed by atoms with van der Waals surface area (Å²) in [5, 5.41) is 5.83. The van der Waals surface area contributed by atoms with E-state index >= 15 is 4.48 Å². The van der Waals surface area contributed by atoms with E-state index in [4.69, 9.17) is 11.5 Å². The van der Waals surface area contributed by atoms with Crippen LogP contribution in [0.4, 0.5) is 15.9 Å². The van der Waals surface area contributed by atoms with Crippen molar-refractivity contribution in [2.45, 2.75) is 39.2 Å². The van der Waals surface area contributed by atoms with Gasteiger partial charge in [0.2, 0.25) is 0 Å². The van der Waals surface area contributed by atoms with Crippen LogP contribution in [0.15, 0.2) is 229 Å². The van der Waals surface area contributed by atoms with E-state index in [1.54, 1.807) is 12.3 Å². The van der Waals surface area contributed by atoms with Gasteiger partial charge in [0.25, 0.3) is 0 Å². The first-order valence-corrected chi connectivity index (χ1v) is 18.6. The first-order valence-electron chi connectivity index (χ1n) is 18.6. The molecule has 5 nitrogen and oxygen atoms in total. The summed E-state index contributed by atoms with van der Waals surface area (Å²) in [6.07, 6.45) is 38.6. The molecule has 282 valence electrons. The summed E-state index contributed by atoms with van der Waals surface area (Å²) in [5.74, 6) is 0. The first-order chi connectivity index (χ1) is 27.0. The van der Waals surface area contributed by atoms with E-state index in [1.807, 2.05) is 184 Å². The summed E-state index contributed by atoms with van der Waals surface area (Å²) in [5.41, 5.74) is 20.0. The third kappa shape index (κ3) is 14.8. The standard InChI is InChI=1S/C33H33FN4.C14H15N.C2H6/c1-2-3-4-17-26-33(35)30-20-11-6-13-22-31(23-14-7-12-21-30)37(32-24-15-8-16-25-32)38(34)36-28-27-29-18-9-5-10-19-29;1-2-11-7-3-4-8-12(11)13-9-5-6-10-14(13)15;1-2/h2-26,28,33H,1,27,35H2;2,4-6,8-10H,1,3,7,15H2;1-2H3/b4-3-,11-6-,12-7?,13-6?,14-7+,20-11?,21-12+,22-13-,23-14?,26-17-,30-20+,30-21?,31-22?,31-23+,36-28+;;. The minimum atomic E-state index is -0.265. The number of benzene rings is 3. The number of halogens is 1. The Bertz CT molecular complexity index is 1970. The second-order valence-electron chi connectivity index (χ2n) is 11.8. The third-order valence-electron chi connectivity index (χ3n) is 8.08. The maximum absolute atomic E-state index is 15.5. The molecule has 0 saturated heterocycles. The highest BCUT2D eigenvalue weighted by Gasteiger charge is 2.17. The summed E-state index contributed by atoms with van der Waals surface area (Å²) in [7, 11) is 0. The highest BCUT2D eigenvalue weighted by atomic mass is 19.2. The topological polar surface area (TPSA) is 70.9 Å². The molecule has 3 aromatic rings. The molecule has 0 aromatic heterocycles. The second kappa shape index (κ2) is 25.5. The number of hydrogen-bond acceptors (Lipinski definition) is 5. The van der Waals surface area contributed by atoms with Crippen LogP contribution in [0.1, 0.15) is 37.8 Å². The third-order valence-corrected chi connectivity index (χ3v) is 8.08. The van der Waals surface area contributed by atoms with Gasteiger partial charge in [-0.25, -0.2) is 5.01 Å². The molecule has 4 N–H and O–H groups in total. The van der Waals surface area contributed by atoms with Crippen molar-refractivity contribution in [1.82, 2.24) is 5.34 Å². The van der Waals surface area contributed by atoms with Gasteiger partial charge in [0.05, 0.1) is 11.4 Å². The predicted octanol–water partition coefficient (Wildman–Crippen LogP) is 12.1. The highest BCUT2D eigenvalue weighted by molar-refractivity contribution is 5.85. The fourth-order valence-electron chi connectivity index (χ4n) is 5.37. The van der Waals surface area contributed by atoms with Crippen molar-refractivity contribution in [2.24, 2.45) is 10.8 Å². The predicted molar refractivity (Wildman–Crippen MR) is 237 cm³/mol. The maximum atomic E-state index is 15.5. The van der Waals surface area contributed by atoms with Crippen LogP contribution in [0.25, 0.3) is 5.57 Å². The molecule has 0 spiro atoms. The minimum absolute atomic E-state index is 0.265. The first kappa shape index (κ1) is 42.9. The van der Waals surface area contributed by atoms with Crippen LogP contribution >= 0.6 is 0 Å². The van der Waals surface area contributed by atoms with E-state index in [9.17, 15) is 0 Å². The van der Waals surface area contributed by atoms with Crippen LogP contribution in [0.2, 0.25) is 0 Å². The van der Waals surface area contributed by atoms with Crippen molar-refractivity contribution in [3.8, 4) is 0 Å². The van der Waals surface area contributed by atoms with Crippen molar-refractivity contribution in [3.05, 3.63) is 235 Å². The van der Waals surface area contributed by atoms with Gasteiger partial charge in [-0.1, -0.05) is 195 Å². The fourth-order valence-corrected chi connectivity index (χ4v) is 5.37. The molecular weight excluding hydrogens is 678 g/mol. The molecular formula is C49H54FN5. The van der Waals surface area contributed by atoms with Crippen molar-refractivity contribution in [3.63, 3.8) is 0 Å². The Kier molecular flexibility index (Phi) is 19.9. The second-order valence-corrected chi connectivity index (χ2v) is 11.8. The van der Waals surface area contributed by atoms with E-state index in [2.05, 4.69) is 36.5 Å². The van der Waals surface area contributed by atoms with Crippen LogP contribution in [-0.4, -0.2) is 17.6 Å². The lowest BCUT2D eigenvalue weighted by Crippen LogP contribution is -2.32. The average Bonchev–Trinajstić information content (AvgIpc) is 3.22. The molecule has 5 rings (SSSR count). The number of para-hydroxylation sites is 2. The van der Waals surface area contributed by atoms with E-state index in [0.717, 1.165) is 35.2 Å². The van der Waals surface area contributed by atoms with Crippen molar-refractivity contribution in [2.75, 3.05) is 10.7 Å². The number of nitrogen functional groups attached to an aromatic ring is 1. The molecule has 3 aromatic carbocycles. The lowest BCUT2D eigenvalue weighted by molar-refractivity contribution is 0.0247. The number of hydrazine groups is 1. The van der Waals surface area contributed by atoms with Gasteiger partial charge in [-0.15, -0.1) is 5.10 Å². The van der Waals surface area contributed by atoms with Gasteiger partial charge in [0, 0.05) is 29.9 Å². The van der Waals surface area contributed by atoms with Gasteiger partial charge < -0.3 is 11.5 Å². The number of hydrazone groups is 1. The molecule has 2 aliphatic rings. The molecule has 1 unspecified atom stereocenters. The Balaban J connectivity index is 0.000000395. The summed E-state index contributed by atoms with van der Waals surface area (Å²) < 4.78 is 15.5. The zero-order chi connectivity index (χ0) is 39.5. The monoisotopic (exact) mass is 731 g/mol. The Morgan fingerprint density at radius 1 is 0.782 bits per heavy atom. The number of hydrogen-bond donors (Lipinski definition) is 2. The number of rotatable bonds is 12. The molecule has 0 saturated carbocycles. The normalized spacial score (nSPS) is 18.8. The molecule has 0 fully saturated rings. The minimum Gasteiger partial charge on any atom is -0.398 e. The van der Waals surface area contributed by atoms with E-state index in [0.29, 0.717) is 23.1 Å². The lowest BCUT2D eigenvalue weighted by Gasteiger charge is -2.27. The van der Waals surface area contributed by atoms with Crippen LogP contribution in [0.5, 0.6) is 0 Å².